The van der Waals surface area contributed by atoms with Gasteiger partial charge < -0.3 is 78.1 Å². The van der Waals surface area contributed by atoms with E-state index in [0.29, 0.717) is 0 Å². The van der Waals surface area contributed by atoms with Gasteiger partial charge in [0, 0.05) is 0 Å². The van der Waals surface area contributed by atoms with Gasteiger partial charge >= 0.3 is 48.1 Å². The summed E-state index contributed by atoms with van der Waals surface area (Å²) in [6.45, 7) is 0. The fraction of sp³-hybridized carbons (Fsp3) is 0. The summed E-state index contributed by atoms with van der Waals surface area (Å²) in [5.74, 6) is 0. The Morgan fingerprint density at radius 2 is 0.350 bits per heavy atom. The molecule has 0 spiro atoms. The summed E-state index contributed by atoms with van der Waals surface area (Å²) in [6.07, 6.45) is 0. The zero-order valence-corrected chi connectivity index (χ0v) is 10.2. The van der Waals surface area contributed by atoms with Crippen molar-refractivity contribution >= 4 is 29.3 Å². The minimum absolute atomic E-state index is 0. The van der Waals surface area contributed by atoms with E-state index in [1.165, 1.54) is 0 Å². The first-order valence-corrected chi connectivity index (χ1v) is 3.10. The fourth-order valence-corrected chi connectivity index (χ4v) is 0. The van der Waals surface area contributed by atoms with Gasteiger partial charge in [0.05, 0.1) is 0 Å². The molecule has 15 nitrogen and oxygen atoms in total. The molecule has 0 aromatic carbocycles. The standard InChI is InChI=1S/4BH3O3.Li.3H2O.H/c4*2-1(3)4;;;;;/h4*2-4H;;3*1H2;/q;;;;+1;;;;-1. The van der Waals surface area contributed by atoms with Crippen molar-refractivity contribution < 1.29 is 97.0 Å². The molecular formula is H19B4LiO15. The molecule has 122 valence electrons. The molecule has 0 saturated heterocycles. The number of hydrogen-bond donors (Lipinski definition) is 12. The quantitative estimate of drug-likeness (QED) is 0.185. The third kappa shape index (κ3) is 82200. The van der Waals surface area contributed by atoms with Crippen LogP contribution in [0.3, 0.4) is 0 Å². The zero-order valence-electron chi connectivity index (χ0n) is 11.2. The van der Waals surface area contributed by atoms with Crippen molar-refractivity contribution in [2.24, 2.45) is 0 Å². The van der Waals surface area contributed by atoms with Crippen molar-refractivity contribution in [1.29, 1.82) is 0 Å². The van der Waals surface area contributed by atoms with E-state index < -0.39 is 29.3 Å². The summed E-state index contributed by atoms with van der Waals surface area (Å²) >= 11 is 0. The van der Waals surface area contributed by atoms with E-state index in [4.69, 9.17) is 60.3 Å². The van der Waals surface area contributed by atoms with Crippen molar-refractivity contribution in [3.05, 3.63) is 0 Å². The summed E-state index contributed by atoms with van der Waals surface area (Å²) in [7, 11) is -8.67. The summed E-state index contributed by atoms with van der Waals surface area (Å²) in [4.78, 5) is 0. The molecular weight excluding hydrogens is 290 g/mol. The molecule has 0 aromatic rings. The molecule has 0 aliphatic heterocycles. The normalized spacial score (nSPS) is 5.40. The van der Waals surface area contributed by atoms with Crippen molar-refractivity contribution in [3.63, 3.8) is 0 Å². The Balaban J connectivity index is -0.0000000121. The summed E-state index contributed by atoms with van der Waals surface area (Å²) in [5.41, 5.74) is 0. The van der Waals surface area contributed by atoms with Crippen LogP contribution in [-0.2, 0) is 0 Å². The molecule has 0 aliphatic carbocycles. The first-order chi connectivity index (χ1) is 6.93. The van der Waals surface area contributed by atoms with Gasteiger partial charge in [-0.2, -0.15) is 0 Å². The molecule has 0 aliphatic rings. The molecule has 0 aromatic heterocycles. The molecule has 0 rings (SSSR count). The van der Waals surface area contributed by atoms with Gasteiger partial charge in [-0.15, -0.1) is 0 Å². The largest absolute Gasteiger partial charge is 1.00 e. The molecule has 0 saturated carbocycles. The fourth-order valence-electron chi connectivity index (χ4n) is 0. The van der Waals surface area contributed by atoms with Gasteiger partial charge in [-0.1, -0.05) is 0 Å². The summed E-state index contributed by atoms with van der Waals surface area (Å²) in [6, 6.07) is 0. The van der Waals surface area contributed by atoms with Crippen LogP contribution in [0.4, 0.5) is 0 Å². The molecule has 0 amide bonds. The number of rotatable bonds is 0. The van der Waals surface area contributed by atoms with Gasteiger partial charge in [-0.05, 0) is 0 Å². The van der Waals surface area contributed by atoms with Gasteiger partial charge in [-0.3, -0.25) is 0 Å². The maximum absolute atomic E-state index is 7.17. The van der Waals surface area contributed by atoms with E-state index in [0.717, 1.165) is 0 Å². The van der Waals surface area contributed by atoms with Crippen LogP contribution in [0.25, 0.3) is 0 Å². The van der Waals surface area contributed by atoms with Crippen LogP contribution in [0, 0.1) is 0 Å². The van der Waals surface area contributed by atoms with Crippen LogP contribution >= 0.6 is 0 Å². The maximum Gasteiger partial charge on any atom is 1.00 e. The van der Waals surface area contributed by atoms with Gasteiger partial charge in [0.2, 0.25) is 0 Å². The second-order valence-electron chi connectivity index (χ2n) is 1.39. The monoisotopic (exact) mass is 310 g/mol. The molecule has 0 bridgehead atoms. The van der Waals surface area contributed by atoms with Crippen LogP contribution < -0.4 is 18.9 Å². The Kier molecular flexibility index (Phi) is 107. The van der Waals surface area contributed by atoms with Crippen LogP contribution in [0.5, 0.6) is 0 Å². The van der Waals surface area contributed by atoms with E-state index in [-0.39, 0.29) is 36.7 Å². The Hall–Kier alpha value is 0.257. The molecule has 20 heteroatoms. The van der Waals surface area contributed by atoms with Crippen LogP contribution in [0.1, 0.15) is 1.43 Å². The van der Waals surface area contributed by atoms with Gasteiger partial charge in [0.1, 0.15) is 0 Å². The Labute approximate surface area is 127 Å². The molecule has 0 unspecified atom stereocenters. The van der Waals surface area contributed by atoms with Gasteiger partial charge in [0.15, 0.2) is 0 Å². The molecule has 0 heterocycles. The zero-order chi connectivity index (χ0) is 14.3. The topological polar surface area (TPSA) is 337 Å². The van der Waals surface area contributed by atoms with Crippen molar-refractivity contribution in [3.8, 4) is 0 Å². The summed E-state index contributed by atoms with van der Waals surface area (Å²) in [5, 5.41) is 86.0. The number of hydrogen-bond acceptors (Lipinski definition) is 12. The summed E-state index contributed by atoms with van der Waals surface area (Å²) < 4.78 is 0. The SMILES string of the molecule is O.O.O.OB(O)O.OB(O)O.OB(O)O.OB(O)O.[H-].[Li+]. The average Bonchev–Trinajstić information content (AvgIpc) is 1.76. The average molecular weight is 309 g/mol. The predicted molar refractivity (Wildman–Crippen MR) is 61.6 cm³/mol. The molecule has 0 radical (unpaired) electrons. The van der Waals surface area contributed by atoms with E-state index in [1.54, 1.807) is 0 Å². The minimum atomic E-state index is -2.17. The first kappa shape index (κ1) is 50.0. The van der Waals surface area contributed by atoms with E-state index in [1.807, 2.05) is 0 Å². The second-order valence-corrected chi connectivity index (χ2v) is 1.39. The van der Waals surface area contributed by atoms with Crippen molar-refractivity contribution in [2.45, 2.75) is 0 Å². The third-order valence-electron chi connectivity index (χ3n) is 0. The van der Waals surface area contributed by atoms with E-state index in [2.05, 4.69) is 0 Å². The smallest absolute Gasteiger partial charge is 1.00 e. The minimum Gasteiger partial charge on any atom is -1.00 e. The van der Waals surface area contributed by atoms with Crippen molar-refractivity contribution in [2.75, 3.05) is 0 Å². The third-order valence-corrected chi connectivity index (χ3v) is 0. The Morgan fingerprint density at radius 1 is 0.350 bits per heavy atom. The van der Waals surface area contributed by atoms with Gasteiger partial charge in [0.25, 0.3) is 0 Å². The van der Waals surface area contributed by atoms with Gasteiger partial charge in [-0.25, -0.2) is 0 Å². The van der Waals surface area contributed by atoms with Crippen molar-refractivity contribution in [1.82, 2.24) is 0 Å². The molecule has 0 atom stereocenters. The molecule has 20 heavy (non-hydrogen) atoms. The Morgan fingerprint density at radius 3 is 0.350 bits per heavy atom. The predicted octanol–water partition coefficient (Wildman–Crippen LogP) is -13.6. The van der Waals surface area contributed by atoms with Crippen LogP contribution in [0.2, 0.25) is 0 Å². The van der Waals surface area contributed by atoms with Crippen LogP contribution in [-0.4, -0.2) is 106 Å². The second kappa shape index (κ2) is 42.7. The molecule has 0 fully saturated rings. The maximum atomic E-state index is 7.17. The Bertz CT molecular complexity index is 68.7. The van der Waals surface area contributed by atoms with E-state index in [9.17, 15) is 0 Å². The molecule has 18 N–H and O–H groups in total. The first-order valence-electron chi connectivity index (χ1n) is 3.10. The van der Waals surface area contributed by atoms with Crippen LogP contribution in [0.15, 0.2) is 0 Å². The van der Waals surface area contributed by atoms with E-state index >= 15 is 0 Å².